The van der Waals surface area contributed by atoms with Crippen LogP contribution in [0, 0.1) is 6.92 Å². The van der Waals surface area contributed by atoms with Crippen molar-refractivity contribution in [1.29, 1.82) is 0 Å². The molecule has 0 fully saturated rings. The van der Waals surface area contributed by atoms with Gasteiger partial charge in [-0.15, -0.1) is 0 Å². The van der Waals surface area contributed by atoms with Crippen LogP contribution in [-0.2, 0) is 21.4 Å². The summed E-state index contributed by atoms with van der Waals surface area (Å²) in [5.74, 6) is 0.691. The molecule has 0 aromatic heterocycles. The highest BCUT2D eigenvalue weighted by atomic mass is 32.2. The number of hydrazone groups is 1. The summed E-state index contributed by atoms with van der Waals surface area (Å²) in [7, 11) is -3.90. The zero-order valence-corrected chi connectivity index (χ0v) is 18.8. The second-order valence-electron chi connectivity index (χ2n) is 7.48. The average molecular weight is 466 g/mol. The largest absolute Gasteiger partial charge is 0.454 e. The number of sulfonamides is 1. The fourth-order valence-corrected chi connectivity index (χ4v) is 4.62. The maximum absolute atomic E-state index is 13.3. The van der Waals surface area contributed by atoms with Gasteiger partial charge in [0.15, 0.2) is 11.5 Å². The summed E-state index contributed by atoms with van der Waals surface area (Å²) in [4.78, 5) is 12.7. The van der Waals surface area contributed by atoms with Gasteiger partial charge in [0.25, 0.3) is 5.91 Å². The number of carbonyl (C=O) groups is 1. The Morgan fingerprint density at radius 1 is 1.03 bits per heavy atom. The summed E-state index contributed by atoms with van der Waals surface area (Å²) in [5, 5.41) is 3.95. The van der Waals surface area contributed by atoms with E-state index in [0.29, 0.717) is 17.1 Å². The second kappa shape index (κ2) is 9.85. The Morgan fingerprint density at radius 3 is 2.52 bits per heavy atom. The molecule has 170 valence electrons. The topological polar surface area (TPSA) is 97.3 Å². The SMILES string of the molecule is Cc1ccc(S(=O)(=O)N(CC(=O)N/N=C/c2ccc3c(c2)OCO3)Cc2ccccc2)cc1. The number of nitrogens with zero attached hydrogens (tertiary/aromatic N) is 2. The number of carbonyl (C=O) groups excluding carboxylic acids is 1. The monoisotopic (exact) mass is 465 g/mol. The summed E-state index contributed by atoms with van der Waals surface area (Å²) in [6.07, 6.45) is 1.45. The number of amides is 1. The van der Waals surface area contributed by atoms with Gasteiger partial charge in [0.2, 0.25) is 16.8 Å². The van der Waals surface area contributed by atoms with Crippen LogP contribution in [0.1, 0.15) is 16.7 Å². The van der Waals surface area contributed by atoms with E-state index < -0.39 is 15.9 Å². The third-order valence-electron chi connectivity index (χ3n) is 4.98. The van der Waals surface area contributed by atoms with E-state index in [1.165, 1.54) is 6.21 Å². The third-order valence-corrected chi connectivity index (χ3v) is 6.79. The molecule has 1 aliphatic rings. The molecule has 9 heteroatoms. The molecule has 1 N–H and O–H groups in total. The van der Waals surface area contributed by atoms with Crippen LogP contribution in [0.2, 0.25) is 0 Å². The van der Waals surface area contributed by atoms with Gasteiger partial charge >= 0.3 is 0 Å². The molecule has 0 atom stereocenters. The number of rotatable bonds is 8. The molecule has 0 unspecified atom stereocenters. The lowest BCUT2D eigenvalue weighted by Gasteiger charge is -2.21. The maximum Gasteiger partial charge on any atom is 0.255 e. The molecular formula is C24H23N3O5S. The summed E-state index contributed by atoms with van der Waals surface area (Å²) in [6.45, 7) is 1.71. The molecule has 1 heterocycles. The van der Waals surface area contributed by atoms with E-state index in [1.807, 2.05) is 37.3 Å². The number of hydrogen-bond donors (Lipinski definition) is 1. The van der Waals surface area contributed by atoms with Crippen molar-refractivity contribution < 1.29 is 22.7 Å². The minimum absolute atomic E-state index is 0.0519. The van der Waals surface area contributed by atoms with Gasteiger partial charge in [0.1, 0.15) is 0 Å². The van der Waals surface area contributed by atoms with Gasteiger partial charge < -0.3 is 9.47 Å². The number of benzene rings is 3. The van der Waals surface area contributed by atoms with Crippen molar-refractivity contribution >= 4 is 22.1 Å². The lowest BCUT2D eigenvalue weighted by Crippen LogP contribution is -2.39. The van der Waals surface area contributed by atoms with Gasteiger partial charge in [-0.2, -0.15) is 9.41 Å². The Morgan fingerprint density at radius 2 is 1.76 bits per heavy atom. The first-order valence-corrected chi connectivity index (χ1v) is 11.7. The maximum atomic E-state index is 13.3. The van der Waals surface area contributed by atoms with Crippen LogP contribution < -0.4 is 14.9 Å². The van der Waals surface area contributed by atoms with Crippen LogP contribution in [0.4, 0.5) is 0 Å². The summed E-state index contributed by atoms with van der Waals surface area (Å²) >= 11 is 0. The lowest BCUT2D eigenvalue weighted by atomic mass is 10.2. The Bertz CT molecular complexity index is 1260. The van der Waals surface area contributed by atoms with Crippen LogP contribution in [0.5, 0.6) is 11.5 Å². The van der Waals surface area contributed by atoms with Gasteiger partial charge in [0.05, 0.1) is 17.7 Å². The van der Waals surface area contributed by atoms with Crippen LogP contribution >= 0.6 is 0 Å². The van der Waals surface area contributed by atoms with E-state index in [2.05, 4.69) is 10.5 Å². The van der Waals surface area contributed by atoms with Crippen LogP contribution in [-0.4, -0.2) is 38.2 Å². The van der Waals surface area contributed by atoms with Gasteiger partial charge in [-0.25, -0.2) is 13.8 Å². The zero-order valence-electron chi connectivity index (χ0n) is 18.0. The van der Waals surface area contributed by atoms with Crippen molar-refractivity contribution in [3.63, 3.8) is 0 Å². The Balaban J connectivity index is 1.48. The number of hydrogen-bond acceptors (Lipinski definition) is 6. The Labute approximate surface area is 192 Å². The molecule has 0 aliphatic carbocycles. The van der Waals surface area contributed by atoms with Crippen LogP contribution in [0.15, 0.2) is 82.8 Å². The third kappa shape index (κ3) is 5.57. The minimum Gasteiger partial charge on any atom is -0.454 e. The van der Waals surface area contributed by atoms with Crippen LogP contribution in [0.3, 0.4) is 0 Å². The molecule has 1 amide bonds. The quantitative estimate of drug-likeness (QED) is 0.407. The average Bonchev–Trinajstić information content (AvgIpc) is 3.28. The number of nitrogens with one attached hydrogen (secondary N) is 1. The highest BCUT2D eigenvalue weighted by Crippen LogP contribution is 2.32. The number of aryl methyl sites for hydroxylation is 1. The molecule has 0 bridgehead atoms. The normalized spacial score (nSPS) is 12.9. The molecule has 4 rings (SSSR count). The number of fused-ring (bicyclic) bond motifs is 1. The van der Waals surface area contributed by atoms with Crippen molar-refractivity contribution in [3.05, 3.63) is 89.5 Å². The van der Waals surface area contributed by atoms with Crippen molar-refractivity contribution in [2.24, 2.45) is 5.10 Å². The predicted molar refractivity (Wildman–Crippen MR) is 124 cm³/mol. The van der Waals surface area contributed by atoms with Crippen LogP contribution in [0.25, 0.3) is 0 Å². The fraction of sp³-hybridized carbons (Fsp3) is 0.167. The standard InChI is InChI=1S/C24H23N3O5S/c1-18-7-10-21(11-8-18)33(29,30)27(15-19-5-3-2-4-6-19)16-24(28)26-25-14-20-9-12-22-23(13-20)32-17-31-22/h2-14H,15-17H2,1H3,(H,26,28)/b25-14+. The molecule has 0 saturated heterocycles. The smallest absolute Gasteiger partial charge is 0.255 e. The number of ether oxygens (including phenoxy) is 2. The molecule has 0 radical (unpaired) electrons. The summed E-state index contributed by atoms with van der Waals surface area (Å²) < 4.78 is 38.3. The molecule has 0 spiro atoms. The first-order chi connectivity index (χ1) is 15.9. The van der Waals surface area contributed by atoms with Gasteiger partial charge in [-0.05, 0) is 48.4 Å². The van der Waals surface area contributed by atoms with Gasteiger partial charge in [-0.3, -0.25) is 4.79 Å². The van der Waals surface area contributed by atoms with Gasteiger partial charge in [-0.1, -0.05) is 48.0 Å². The van der Waals surface area contributed by atoms with E-state index in [4.69, 9.17) is 9.47 Å². The Hall–Kier alpha value is -3.69. The van der Waals surface area contributed by atoms with E-state index in [0.717, 1.165) is 15.4 Å². The molecular weight excluding hydrogens is 442 g/mol. The zero-order chi connectivity index (χ0) is 23.3. The van der Waals surface area contributed by atoms with Gasteiger partial charge in [0, 0.05) is 6.54 Å². The van der Waals surface area contributed by atoms with E-state index in [-0.39, 0.29) is 24.8 Å². The minimum atomic E-state index is -3.90. The highest BCUT2D eigenvalue weighted by Gasteiger charge is 2.27. The molecule has 1 aliphatic heterocycles. The molecule has 0 saturated carbocycles. The Kier molecular flexibility index (Phi) is 6.71. The van der Waals surface area contributed by atoms with E-state index >= 15 is 0 Å². The predicted octanol–water partition coefficient (Wildman–Crippen LogP) is 3.06. The molecule has 3 aromatic carbocycles. The molecule has 33 heavy (non-hydrogen) atoms. The summed E-state index contributed by atoms with van der Waals surface area (Å²) in [5.41, 5.74) is 4.81. The highest BCUT2D eigenvalue weighted by molar-refractivity contribution is 7.89. The lowest BCUT2D eigenvalue weighted by molar-refractivity contribution is -0.121. The molecule has 8 nitrogen and oxygen atoms in total. The van der Waals surface area contributed by atoms with Crippen molar-refractivity contribution in [3.8, 4) is 11.5 Å². The first-order valence-electron chi connectivity index (χ1n) is 10.2. The van der Waals surface area contributed by atoms with Crippen molar-refractivity contribution in [2.45, 2.75) is 18.4 Å². The first kappa shape index (κ1) is 22.5. The fourth-order valence-electron chi connectivity index (χ4n) is 3.24. The van der Waals surface area contributed by atoms with E-state index in [9.17, 15) is 13.2 Å². The van der Waals surface area contributed by atoms with Crippen molar-refractivity contribution in [1.82, 2.24) is 9.73 Å². The molecule has 3 aromatic rings. The second-order valence-corrected chi connectivity index (χ2v) is 9.42. The van der Waals surface area contributed by atoms with Crippen molar-refractivity contribution in [2.75, 3.05) is 13.3 Å². The summed E-state index contributed by atoms with van der Waals surface area (Å²) in [6, 6.07) is 20.9. The van der Waals surface area contributed by atoms with E-state index in [1.54, 1.807) is 42.5 Å².